The lowest BCUT2D eigenvalue weighted by Crippen LogP contribution is -3.14. The van der Waals surface area contributed by atoms with Gasteiger partial charge in [-0.25, -0.2) is 9.82 Å². The number of anilines is 1. The van der Waals surface area contributed by atoms with E-state index < -0.39 is 0 Å². The quantitative estimate of drug-likeness (QED) is 0.501. The van der Waals surface area contributed by atoms with Gasteiger partial charge in [-0.1, -0.05) is 25.1 Å². The van der Waals surface area contributed by atoms with Crippen molar-refractivity contribution < 1.29 is 18.8 Å². The summed E-state index contributed by atoms with van der Waals surface area (Å²) in [4.78, 5) is 15.7. The number of rotatable bonds is 8. The molecule has 2 N–H and O–H groups in total. The minimum absolute atomic E-state index is 0.138. The number of quaternary nitrogens is 1. The molecular formula is C24H32FN4O2+. The Morgan fingerprint density at radius 3 is 2.48 bits per heavy atom. The van der Waals surface area contributed by atoms with Crippen molar-refractivity contribution in [3.8, 4) is 5.75 Å². The first-order valence-electron chi connectivity index (χ1n) is 10.9. The topological polar surface area (TPSA) is 58.4 Å². The first-order chi connectivity index (χ1) is 15.0. The molecule has 1 amide bonds. The van der Waals surface area contributed by atoms with Gasteiger partial charge in [-0.2, -0.15) is 5.10 Å². The third kappa shape index (κ3) is 6.28. The number of hydrogen-bond acceptors (Lipinski definition) is 4. The van der Waals surface area contributed by atoms with E-state index in [1.807, 2.05) is 30.3 Å². The average molecular weight is 428 g/mol. The van der Waals surface area contributed by atoms with E-state index in [4.69, 9.17) is 4.74 Å². The highest BCUT2D eigenvalue weighted by Crippen LogP contribution is 2.21. The van der Waals surface area contributed by atoms with Crippen LogP contribution in [0.3, 0.4) is 0 Å². The monoisotopic (exact) mass is 427 g/mol. The van der Waals surface area contributed by atoms with E-state index in [-0.39, 0.29) is 18.3 Å². The van der Waals surface area contributed by atoms with Gasteiger partial charge in [0, 0.05) is 5.56 Å². The number of nitrogens with zero attached hydrogens (tertiary/aromatic N) is 2. The molecule has 2 aromatic rings. The van der Waals surface area contributed by atoms with Gasteiger partial charge in [0.05, 0.1) is 44.1 Å². The lowest BCUT2D eigenvalue weighted by atomic mass is 10.1. The fourth-order valence-corrected chi connectivity index (χ4v) is 3.62. The summed E-state index contributed by atoms with van der Waals surface area (Å²) in [5.74, 6) is -0.00317. The number of benzene rings is 2. The maximum atomic E-state index is 14.7. The Bertz CT molecular complexity index is 906. The number of carbonyl (C=O) groups is 1. The first-order valence-corrected chi connectivity index (χ1v) is 10.9. The number of aryl methyl sites for hydroxylation is 1. The Morgan fingerprint density at radius 1 is 1.16 bits per heavy atom. The SMILES string of the molecule is CCc1ccc(OCC(=O)N/N=C(/C)c2ccc(N3CC[NH+](CC)CC3)c(F)c2)cc1. The summed E-state index contributed by atoms with van der Waals surface area (Å²) >= 11 is 0. The van der Waals surface area contributed by atoms with Crippen LogP contribution in [0.4, 0.5) is 10.1 Å². The lowest BCUT2D eigenvalue weighted by Gasteiger charge is -2.33. The molecule has 0 bridgehead atoms. The van der Waals surface area contributed by atoms with Crippen molar-refractivity contribution in [3.05, 3.63) is 59.4 Å². The van der Waals surface area contributed by atoms with E-state index in [0.717, 1.165) is 39.1 Å². The van der Waals surface area contributed by atoms with Crippen LogP contribution < -0.4 is 20.0 Å². The standard InChI is InChI=1S/C24H31FN4O2/c1-4-19-6-9-21(10-7-19)31-17-24(30)27-26-18(3)20-8-11-23(22(25)16-20)29-14-12-28(5-2)13-15-29/h6-11,16H,4-5,12-15,17H2,1-3H3,(H,27,30)/p+1/b26-18-. The molecule has 1 aliphatic heterocycles. The van der Waals surface area contributed by atoms with Gasteiger partial charge in [-0.15, -0.1) is 0 Å². The maximum absolute atomic E-state index is 14.7. The molecule has 2 aromatic carbocycles. The summed E-state index contributed by atoms with van der Waals surface area (Å²) < 4.78 is 20.2. The van der Waals surface area contributed by atoms with Gasteiger partial charge >= 0.3 is 0 Å². The van der Waals surface area contributed by atoms with E-state index in [2.05, 4.69) is 29.3 Å². The molecule has 7 heteroatoms. The molecule has 0 atom stereocenters. The van der Waals surface area contributed by atoms with E-state index >= 15 is 0 Å². The van der Waals surface area contributed by atoms with Gasteiger partial charge < -0.3 is 14.5 Å². The molecule has 0 spiro atoms. The highest BCUT2D eigenvalue weighted by Gasteiger charge is 2.21. The number of hydrogen-bond donors (Lipinski definition) is 2. The van der Waals surface area contributed by atoms with Crippen LogP contribution in [0.1, 0.15) is 31.9 Å². The number of carbonyl (C=O) groups excluding carboxylic acids is 1. The van der Waals surface area contributed by atoms with Crippen molar-refractivity contribution in [2.75, 3.05) is 44.2 Å². The van der Waals surface area contributed by atoms with Gasteiger partial charge in [0.25, 0.3) is 5.91 Å². The molecular weight excluding hydrogens is 395 g/mol. The van der Waals surface area contributed by atoms with Crippen LogP contribution in [0.2, 0.25) is 0 Å². The second kappa shape index (κ2) is 10.9. The predicted octanol–water partition coefficient (Wildman–Crippen LogP) is 2.03. The van der Waals surface area contributed by atoms with Crippen molar-refractivity contribution in [2.24, 2.45) is 5.10 Å². The number of likely N-dealkylation sites (N-methyl/N-ethyl adjacent to an activating group) is 1. The normalized spacial score (nSPS) is 15.1. The zero-order chi connectivity index (χ0) is 22.2. The molecule has 0 aromatic heterocycles. The number of ether oxygens (including phenoxy) is 1. The van der Waals surface area contributed by atoms with E-state index in [1.165, 1.54) is 11.6 Å². The maximum Gasteiger partial charge on any atom is 0.277 e. The summed E-state index contributed by atoms with van der Waals surface area (Å²) in [5.41, 5.74) is 5.47. The van der Waals surface area contributed by atoms with Crippen LogP contribution in [-0.4, -0.2) is 50.9 Å². The lowest BCUT2D eigenvalue weighted by molar-refractivity contribution is -0.898. The number of hydrazone groups is 1. The van der Waals surface area contributed by atoms with Crippen LogP contribution in [0.5, 0.6) is 5.75 Å². The van der Waals surface area contributed by atoms with Crippen LogP contribution >= 0.6 is 0 Å². The van der Waals surface area contributed by atoms with Crippen molar-refractivity contribution in [1.82, 2.24) is 5.43 Å². The second-order valence-corrected chi connectivity index (χ2v) is 7.78. The minimum atomic E-state index is -0.368. The Kier molecular flexibility index (Phi) is 8.00. The molecule has 0 aliphatic carbocycles. The molecule has 1 aliphatic rings. The van der Waals surface area contributed by atoms with Crippen molar-refractivity contribution >= 4 is 17.3 Å². The third-order valence-electron chi connectivity index (χ3n) is 5.73. The highest BCUT2D eigenvalue weighted by molar-refractivity contribution is 5.99. The van der Waals surface area contributed by atoms with Gasteiger partial charge in [-0.05, 0) is 50.1 Å². The zero-order valence-corrected chi connectivity index (χ0v) is 18.6. The summed E-state index contributed by atoms with van der Waals surface area (Å²) in [7, 11) is 0. The Labute approximate surface area is 183 Å². The fourth-order valence-electron chi connectivity index (χ4n) is 3.62. The van der Waals surface area contributed by atoms with Gasteiger partial charge in [0.15, 0.2) is 6.61 Å². The molecule has 3 rings (SSSR count). The van der Waals surface area contributed by atoms with Crippen LogP contribution in [0.15, 0.2) is 47.6 Å². The number of nitrogens with one attached hydrogen (secondary N) is 2. The van der Waals surface area contributed by atoms with E-state index in [0.29, 0.717) is 22.7 Å². The predicted molar refractivity (Wildman–Crippen MR) is 122 cm³/mol. The number of amides is 1. The molecule has 6 nitrogen and oxygen atoms in total. The highest BCUT2D eigenvalue weighted by atomic mass is 19.1. The van der Waals surface area contributed by atoms with Crippen molar-refractivity contribution in [1.29, 1.82) is 0 Å². The van der Waals surface area contributed by atoms with Crippen molar-refractivity contribution in [3.63, 3.8) is 0 Å². The van der Waals surface area contributed by atoms with Gasteiger partial charge in [0.1, 0.15) is 11.6 Å². The van der Waals surface area contributed by atoms with Crippen molar-refractivity contribution in [2.45, 2.75) is 27.2 Å². The Balaban J connectivity index is 1.53. The molecule has 0 saturated carbocycles. The molecule has 1 saturated heterocycles. The van der Waals surface area contributed by atoms with E-state index in [1.54, 1.807) is 17.9 Å². The summed E-state index contributed by atoms with van der Waals surface area (Å²) in [6.07, 6.45) is 0.951. The van der Waals surface area contributed by atoms with Crippen LogP contribution in [0.25, 0.3) is 0 Å². The molecule has 0 unspecified atom stereocenters. The average Bonchev–Trinajstić information content (AvgIpc) is 2.81. The molecule has 31 heavy (non-hydrogen) atoms. The minimum Gasteiger partial charge on any atom is -0.484 e. The number of piperazine rings is 1. The second-order valence-electron chi connectivity index (χ2n) is 7.78. The first kappa shape index (κ1) is 22.7. The summed E-state index contributed by atoms with van der Waals surface area (Å²) in [5, 5.41) is 4.09. The smallest absolute Gasteiger partial charge is 0.277 e. The Morgan fingerprint density at radius 2 is 1.87 bits per heavy atom. The molecule has 0 radical (unpaired) electrons. The summed E-state index contributed by atoms with van der Waals surface area (Å²) in [6, 6.07) is 12.7. The molecule has 166 valence electrons. The van der Waals surface area contributed by atoms with Gasteiger partial charge in [0.2, 0.25) is 0 Å². The number of halogens is 1. The molecule has 1 heterocycles. The van der Waals surface area contributed by atoms with Crippen LogP contribution in [-0.2, 0) is 11.2 Å². The largest absolute Gasteiger partial charge is 0.484 e. The fraction of sp³-hybridized carbons (Fsp3) is 0.417. The van der Waals surface area contributed by atoms with E-state index in [9.17, 15) is 9.18 Å². The zero-order valence-electron chi connectivity index (χ0n) is 18.6. The molecule has 1 fully saturated rings. The summed E-state index contributed by atoms with van der Waals surface area (Å²) in [6.45, 7) is 10.7. The third-order valence-corrected chi connectivity index (χ3v) is 5.73. The Hall–Kier alpha value is -2.93. The van der Waals surface area contributed by atoms with Crippen LogP contribution in [0, 0.1) is 5.82 Å². The van der Waals surface area contributed by atoms with Gasteiger partial charge in [-0.3, -0.25) is 4.79 Å².